The van der Waals surface area contributed by atoms with Crippen molar-refractivity contribution in [3.63, 3.8) is 0 Å². The number of rotatable bonds is 5. The summed E-state index contributed by atoms with van der Waals surface area (Å²) in [6, 6.07) is 18.2. The summed E-state index contributed by atoms with van der Waals surface area (Å²) < 4.78 is 44.5. The molecule has 0 radical (unpaired) electrons. The van der Waals surface area contributed by atoms with Crippen LogP contribution in [0.4, 0.5) is 24.7 Å². The van der Waals surface area contributed by atoms with Crippen LogP contribution in [0.15, 0.2) is 91.8 Å². The molecule has 0 spiro atoms. The van der Waals surface area contributed by atoms with E-state index in [0.717, 1.165) is 39.7 Å². The number of alkyl halides is 3. The molecule has 0 aliphatic carbocycles. The van der Waals surface area contributed by atoms with Crippen LogP contribution in [0.1, 0.15) is 27.2 Å². The quantitative estimate of drug-likeness (QED) is 0.240. The molecule has 3 N–H and O–H groups in total. The maximum atomic E-state index is 13.7. The number of nitrogens with two attached hydrogens (primary N) is 1. The predicted molar refractivity (Wildman–Crippen MR) is 155 cm³/mol. The van der Waals surface area contributed by atoms with Gasteiger partial charge in [-0.15, -0.1) is 0 Å². The Morgan fingerprint density at radius 1 is 0.929 bits per heavy atom. The third kappa shape index (κ3) is 5.19. The number of halogens is 3. The summed E-state index contributed by atoms with van der Waals surface area (Å²) in [7, 11) is 0. The first-order valence-electron chi connectivity index (χ1n) is 12.9. The highest BCUT2D eigenvalue weighted by Crippen LogP contribution is 2.33. The topological polar surface area (TPSA) is 104 Å². The number of carbonyl (C=O) groups excluding carboxylic acids is 1. The number of imidazole rings is 1. The van der Waals surface area contributed by atoms with Crippen molar-refractivity contribution in [2.45, 2.75) is 20.0 Å². The standard InChI is InChI=1S/C31H24F3N7O/c1-18-3-6-24(39-30(42)22-9-23(31(32,33)34)12-25(10-22)40-15-19(2)38-17-40)13-26(18)21-5-4-20-7-8-41(27(20)11-21)29-14-28(35)36-16-37-29/h3-17H,1-2H3,(H,39,42)(H2,35,36,37). The van der Waals surface area contributed by atoms with E-state index >= 15 is 0 Å². The number of amides is 1. The van der Waals surface area contributed by atoms with E-state index in [2.05, 4.69) is 20.3 Å². The number of anilines is 2. The fraction of sp³-hybridized carbons (Fsp3) is 0.0968. The number of nitrogens with one attached hydrogen (secondary N) is 1. The fourth-order valence-electron chi connectivity index (χ4n) is 4.82. The highest BCUT2D eigenvalue weighted by atomic mass is 19.4. The Balaban J connectivity index is 1.34. The monoisotopic (exact) mass is 567 g/mol. The maximum absolute atomic E-state index is 13.7. The van der Waals surface area contributed by atoms with Gasteiger partial charge in [0, 0.05) is 40.8 Å². The molecule has 0 unspecified atom stereocenters. The second-order valence-electron chi connectivity index (χ2n) is 9.93. The number of hydrogen-bond acceptors (Lipinski definition) is 5. The van der Waals surface area contributed by atoms with Crippen LogP contribution in [0.25, 0.3) is 33.5 Å². The van der Waals surface area contributed by atoms with E-state index in [9.17, 15) is 18.0 Å². The Kier molecular flexibility index (Phi) is 6.49. The first-order chi connectivity index (χ1) is 20.0. The van der Waals surface area contributed by atoms with E-state index in [0.29, 0.717) is 23.0 Å². The van der Waals surface area contributed by atoms with Crippen molar-refractivity contribution in [1.82, 2.24) is 24.1 Å². The Bertz CT molecular complexity index is 1970. The molecule has 210 valence electrons. The van der Waals surface area contributed by atoms with Crippen LogP contribution in [-0.2, 0) is 6.18 Å². The highest BCUT2D eigenvalue weighted by Gasteiger charge is 2.32. The minimum Gasteiger partial charge on any atom is -0.384 e. The molecule has 0 saturated heterocycles. The van der Waals surface area contributed by atoms with Gasteiger partial charge >= 0.3 is 6.18 Å². The molecule has 6 aromatic rings. The molecular formula is C31H24F3N7O. The Morgan fingerprint density at radius 2 is 1.76 bits per heavy atom. The maximum Gasteiger partial charge on any atom is 0.416 e. The molecule has 0 saturated carbocycles. The first-order valence-corrected chi connectivity index (χ1v) is 12.9. The molecule has 1 amide bonds. The van der Waals surface area contributed by atoms with Crippen LogP contribution in [0.5, 0.6) is 0 Å². The predicted octanol–water partition coefficient (Wildman–Crippen LogP) is 6.74. The molecule has 3 aromatic carbocycles. The summed E-state index contributed by atoms with van der Waals surface area (Å²) in [6.45, 7) is 3.68. The number of benzene rings is 3. The Morgan fingerprint density at radius 3 is 2.50 bits per heavy atom. The second kappa shape index (κ2) is 10.2. The van der Waals surface area contributed by atoms with Gasteiger partial charge in [-0.1, -0.05) is 18.2 Å². The van der Waals surface area contributed by atoms with Gasteiger partial charge in [-0.3, -0.25) is 4.79 Å². The Labute approximate surface area is 238 Å². The largest absolute Gasteiger partial charge is 0.416 e. The molecule has 0 fully saturated rings. The summed E-state index contributed by atoms with van der Waals surface area (Å²) in [4.78, 5) is 25.6. The molecule has 0 atom stereocenters. The highest BCUT2D eigenvalue weighted by molar-refractivity contribution is 6.05. The molecule has 3 heterocycles. The SMILES string of the molecule is Cc1cn(-c2cc(C(=O)Nc3ccc(C)c(-c4ccc5ccn(-c6cc(N)ncn6)c5c4)c3)cc(C(F)(F)F)c2)cn1. The number of nitrogens with zero attached hydrogens (tertiary/aromatic N) is 5. The van der Waals surface area contributed by atoms with Crippen LogP contribution in [0.2, 0.25) is 0 Å². The van der Waals surface area contributed by atoms with Crippen molar-refractivity contribution in [2.75, 3.05) is 11.1 Å². The zero-order valence-corrected chi connectivity index (χ0v) is 22.5. The molecule has 11 heteroatoms. The fourth-order valence-corrected chi connectivity index (χ4v) is 4.82. The molecule has 0 bridgehead atoms. The molecule has 3 aromatic heterocycles. The summed E-state index contributed by atoms with van der Waals surface area (Å²) in [5, 5.41) is 3.76. The number of aromatic nitrogens is 5. The second-order valence-corrected chi connectivity index (χ2v) is 9.93. The zero-order valence-electron chi connectivity index (χ0n) is 22.5. The third-order valence-electron chi connectivity index (χ3n) is 6.94. The summed E-state index contributed by atoms with van der Waals surface area (Å²) in [5.74, 6) is 0.309. The molecule has 0 aliphatic heterocycles. The number of fused-ring (bicyclic) bond motifs is 1. The van der Waals surface area contributed by atoms with Crippen molar-refractivity contribution in [3.05, 3.63) is 114 Å². The average Bonchev–Trinajstić information content (AvgIpc) is 3.59. The summed E-state index contributed by atoms with van der Waals surface area (Å²) in [5.41, 5.74) is 9.64. The summed E-state index contributed by atoms with van der Waals surface area (Å²) in [6.07, 6.45) is 1.67. The minimum absolute atomic E-state index is 0.128. The lowest BCUT2D eigenvalue weighted by Crippen LogP contribution is -2.15. The van der Waals surface area contributed by atoms with Gasteiger partial charge in [0.15, 0.2) is 0 Å². The van der Waals surface area contributed by atoms with Crippen molar-refractivity contribution in [3.8, 4) is 22.6 Å². The van der Waals surface area contributed by atoms with Gasteiger partial charge in [-0.25, -0.2) is 15.0 Å². The lowest BCUT2D eigenvalue weighted by atomic mass is 9.98. The van der Waals surface area contributed by atoms with Crippen LogP contribution < -0.4 is 11.1 Å². The van der Waals surface area contributed by atoms with Gasteiger partial charge in [0.25, 0.3) is 5.91 Å². The van der Waals surface area contributed by atoms with Crippen molar-refractivity contribution in [1.29, 1.82) is 0 Å². The first kappa shape index (κ1) is 26.8. The lowest BCUT2D eigenvalue weighted by molar-refractivity contribution is -0.137. The number of nitrogen functional groups attached to an aromatic ring is 1. The van der Waals surface area contributed by atoms with E-state index in [-0.39, 0.29) is 11.3 Å². The smallest absolute Gasteiger partial charge is 0.384 e. The van der Waals surface area contributed by atoms with E-state index < -0.39 is 17.6 Å². The van der Waals surface area contributed by atoms with Crippen LogP contribution in [0, 0.1) is 13.8 Å². The van der Waals surface area contributed by atoms with Crippen LogP contribution in [0.3, 0.4) is 0 Å². The van der Waals surface area contributed by atoms with Crippen LogP contribution in [-0.4, -0.2) is 30.0 Å². The van der Waals surface area contributed by atoms with E-state index in [1.807, 2.05) is 48.0 Å². The van der Waals surface area contributed by atoms with E-state index in [1.54, 1.807) is 31.3 Å². The average molecular weight is 568 g/mol. The Hall–Kier alpha value is -5.45. The van der Waals surface area contributed by atoms with Crippen molar-refractivity contribution >= 4 is 28.3 Å². The third-order valence-corrected chi connectivity index (χ3v) is 6.94. The van der Waals surface area contributed by atoms with E-state index in [4.69, 9.17) is 5.73 Å². The minimum atomic E-state index is -4.63. The normalized spacial score (nSPS) is 11.6. The molecular weight excluding hydrogens is 543 g/mol. The number of hydrogen-bond donors (Lipinski definition) is 2. The molecule has 8 nitrogen and oxygen atoms in total. The van der Waals surface area contributed by atoms with Gasteiger partial charge < -0.3 is 20.2 Å². The van der Waals surface area contributed by atoms with E-state index in [1.165, 1.54) is 23.3 Å². The number of aryl methyl sites for hydroxylation is 2. The van der Waals surface area contributed by atoms with Gasteiger partial charge in [0.1, 0.15) is 18.0 Å². The lowest BCUT2D eigenvalue weighted by Gasteiger charge is -2.14. The van der Waals surface area contributed by atoms with Crippen molar-refractivity contribution < 1.29 is 18.0 Å². The number of carbonyl (C=O) groups is 1. The van der Waals surface area contributed by atoms with Crippen molar-refractivity contribution in [2.24, 2.45) is 0 Å². The van der Waals surface area contributed by atoms with Gasteiger partial charge in [-0.2, -0.15) is 13.2 Å². The molecule has 6 rings (SSSR count). The summed E-state index contributed by atoms with van der Waals surface area (Å²) >= 11 is 0. The molecule has 42 heavy (non-hydrogen) atoms. The molecule has 0 aliphatic rings. The van der Waals surface area contributed by atoms with Crippen LogP contribution >= 0.6 is 0 Å². The van der Waals surface area contributed by atoms with Gasteiger partial charge in [-0.05, 0) is 73.0 Å². The zero-order chi connectivity index (χ0) is 29.6. The van der Waals surface area contributed by atoms with Gasteiger partial charge in [0.05, 0.1) is 23.1 Å². The van der Waals surface area contributed by atoms with Gasteiger partial charge in [0.2, 0.25) is 0 Å².